The maximum Gasteiger partial charge on any atom is 0.191 e. The van der Waals surface area contributed by atoms with Gasteiger partial charge < -0.3 is 10.6 Å². The Morgan fingerprint density at radius 1 is 1.20 bits per heavy atom. The van der Waals surface area contributed by atoms with Gasteiger partial charge in [-0.25, -0.2) is 8.42 Å². The van der Waals surface area contributed by atoms with E-state index in [-0.39, 0.29) is 35.5 Å². The molecule has 1 aromatic rings. The van der Waals surface area contributed by atoms with Gasteiger partial charge in [-0.05, 0) is 31.7 Å². The molecule has 7 heteroatoms. The smallest absolute Gasteiger partial charge is 0.191 e. The van der Waals surface area contributed by atoms with Gasteiger partial charge in [0.1, 0.15) is 0 Å². The van der Waals surface area contributed by atoms with E-state index in [4.69, 9.17) is 0 Å². The van der Waals surface area contributed by atoms with Crippen molar-refractivity contribution in [1.82, 2.24) is 10.6 Å². The second kappa shape index (κ2) is 11.7. The van der Waals surface area contributed by atoms with E-state index in [9.17, 15) is 8.42 Å². The van der Waals surface area contributed by atoms with Crippen molar-refractivity contribution in [2.45, 2.75) is 50.8 Å². The summed E-state index contributed by atoms with van der Waals surface area (Å²) in [7, 11) is -3.08. The average Bonchev–Trinajstić information content (AvgIpc) is 3.05. The van der Waals surface area contributed by atoms with Crippen molar-refractivity contribution in [2.24, 2.45) is 4.99 Å². The lowest BCUT2D eigenvalue weighted by Crippen LogP contribution is -2.42. The molecule has 0 heterocycles. The predicted molar refractivity (Wildman–Crippen MR) is 115 cm³/mol. The Kier molecular flexibility index (Phi) is 10.4. The molecular weight excluding hydrogens is 449 g/mol. The normalized spacial score (nSPS) is 15.6. The fourth-order valence-corrected chi connectivity index (χ4v) is 4.37. The predicted octanol–water partition coefficient (Wildman–Crippen LogP) is 3.11. The lowest BCUT2D eigenvalue weighted by molar-refractivity contribution is 0.592. The zero-order chi connectivity index (χ0) is 17.3. The fourth-order valence-electron chi connectivity index (χ4n) is 2.96. The van der Waals surface area contributed by atoms with Crippen molar-refractivity contribution >= 4 is 39.8 Å². The molecule has 1 aromatic carbocycles. The summed E-state index contributed by atoms with van der Waals surface area (Å²) in [6.45, 7) is 3.37. The van der Waals surface area contributed by atoms with Crippen molar-refractivity contribution < 1.29 is 8.42 Å². The standard InChI is InChI=1S/C18H29N3O2S.HI/c1-2-19-18(21-17-11-6-7-12-17)20-13-8-14-24(22,23)15-16-9-4-3-5-10-16;/h3-5,9-10,17H,2,6-8,11-15H2,1H3,(H2,19,20,21);1H. The molecule has 1 aliphatic rings. The fraction of sp³-hybridized carbons (Fsp3) is 0.611. The van der Waals surface area contributed by atoms with Crippen molar-refractivity contribution in [3.8, 4) is 0 Å². The summed E-state index contributed by atoms with van der Waals surface area (Å²) in [5.41, 5.74) is 0.845. The summed E-state index contributed by atoms with van der Waals surface area (Å²) in [6.07, 6.45) is 5.48. The van der Waals surface area contributed by atoms with Crippen molar-refractivity contribution in [3.05, 3.63) is 35.9 Å². The number of nitrogens with zero attached hydrogens (tertiary/aromatic N) is 1. The zero-order valence-electron chi connectivity index (χ0n) is 14.9. The molecule has 0 aliphatic heterocycles. The molecule has 1 fully saturated rings. The lowest BCUT2D eigenvalue weighted by atomic mass is 10.2. The molecule has 2 rings (SSSR count). The Labute approximate surface area is 169 Å². The third kappa shape index (κ3) is 8.89. The molecule has 2 N–H and O–H groups in total. The molecule has 142 valence electrons. The van der Waals surface area contributed by atoms with Crippen LogP contribution < -0.4 is 10.6 Å². The number of hydrogen-bond acceptors (Lipinski definition) is 3. The van der Waals surface area contributed by atoms with Gasteiger partial charge >= 0.3 is 0 Å². The largest absolute Gasteiger partial charge is 0.357 e. The molecule has 0 unspecified atom stereocenters. The Bertz CT molecular complexity index is 614. The van der Waals surface area contributed by atoms with Gasteiger partial charge in [-0.1, -0.05) is 43.2 Å². The van der Waals surface area contributed by atoms with Crippen LogP contribution in [-0.2, 0) is 15.6 Å². The minimum atomic E-state index is -3.08. The highest BCUT2D eigenvalue weighted by Gasteiger charge is 2.16. The maximum absolute atomic E-state index is 12.2. The van der Waals surface area contributed by atoms with Crippen molar-refractivity contribution in [1.29, 1.82) is 0 Å². The van der Waals surface area contributed by atoms with Crippen LogP contribution in [0.3, 0.4) is 0 Å². The lowest BCUT2D eigenvalue weighted by Gasteiger charge is -2.16. The maximum atomic E-state index is 12.2. The first-order valence-corrected chi connectivity index (χ1v) is 10.7. The molecule has 1 saturated carbocycles. The molecule has 0 atom stereocenters. The van der Waals surface area contributed by atoms with Gasteiger partial charge in [0.15, 0.2) is 15.8 Å². The number of aliphatic imine (C=N–C) groups is 1. The molecule has 0 bridgehead atoms. The Morgan fingerprint density at radius 2 is 1.88 bits per heavy atom. The molecule has 25 heavy (non-hydrogen) atoms. The van der Waals surface area contributed by atoms with E-state index in [0.29, 0.717) is 19.0 Å². The summed E-state index contributed by atoms with van der Waals surface area (Å²) in [5, 5.41) is 6.68. The van der Waals surface area contributed by atoms with Crippen molar-refractivity contribution in [2.75, 3.05) is 18.8 Å². The summed E-state index contributed by atoms with van der Waals surface area (Å²) in [5.74, 6) is 1.09. The van der Waals surface area contributed by atoms with E-state index in [1.807, 2.05) is 37.3 Å². The molecule has 5 nitrogen and oxygen atoms in total. The summed E-state index contributed by atoms with van der Waals surface area (Å²) in [6, 6.07) is 9.84. The quantitative estimate of drug-likeness (QED) is 0.260. The number of benzene rings is 1. The van der Waals surface area contributed by atoms with E-state index >= 15 is 0 Å². The number of halogens is 1. The van der Waals surface area contributed by atoms with Gasteiger partial charge in [0.25, 0.3) is 0 Å². The van der Waals surface area contributed by atoms with Gasteiger partial charge in [-0.3, -0.25) is 4.99 Å². The summed E-state index contributed by atoms with van der Waals surface area (Å²) < 4.78 is 24.3. The SMILES string of the molecule is CCNC(=NCCCS(=O)(=O)Cc1ccccc1)NC1CCCC1.I. The van der Waals surface area contributed by atoms with Gasteiger partial charge in [0.2, 0.25) is 0 Å². The minimum Gasteiger partial charge on any atom is -0.357 e. The van der Waals surface area contributed by atoms with Crippen LogP contribution in [0.2, 0.25) is 0 Å². The molecular formula is C18H30IN3O2S. The topological polar surface area (TPSA) is 70.6 Å². The van der Waals surface area contributed by atoms with Gasteiger partial charge in [-0.15, -0.1) is 24.0 Å². The highest BCUT2D eigenvalue weighted by Crippen LogP contribution is 2.17. The third-order valence-electron chi connectivity index (χ3n) is 4.15. The number of hydrogen-bond donors (Lipinski definition) is 2. The van der Waals surface area contributed by atoms with Crippen LogP contribution in [0.25, 0.3) is 0 Å². The summed E-state index contributed by atoms with van der Waals surface area (Å²) in [4.78, 5) is 4.52. The first-order chi connectivity index (χ1) is 11.6. The molecule has 0 aromatic heterocycles. The highest BCUT2D eigenvalue weighted by atomic mass is 127. The number of rotatable bonds is 8. The van der Waals surface area contributed by atoms with Crippen LogP contribution in [-0.4, -0.2) is 39.3 Å². The monoisotopic (exact) mass is 479 g/mol. The highest BCUT2D eigenvalue weighted by molar-refractivity contribution is 14.0. The van der Waals surface area contributed by atoms with Crippen LogP contribution in [0.5, 0.6) is 0 Å². The first kappa shape index (κ1) is 22.2. The number of guanidine groups is 1. The second-order valence-electron chi connectivity index (χ2n) is 6.32. The Hall–Kier alpha value is -0.830. The van der Waals surface area contributed by atoms with Gasteiger partial charge in [0, 0.05) is 19.1 Å². The molecule has 0 amide bonds. The van der Waals surface area contributed by atoms with Crippen LogP contribution >= 0.6 is 24.0 Å². The van der Waals surface area contributed by atoms with E-state index in [1.165, 1.54) is 25.7 Å². The van der Waals surface area contributed by atoms with E-state index in [1.54, 1.807) is 0 Å². The Balaban J connectivity index is 0.00000312. The van der Waals surface area contributed by atoms with E-state index in [2.05, 4.69) is 15.6 Å². The summed E-state index contributed by atoms with van der Waals surface area (Å²) >= 11 is 0. The molecule has 0 spiro atoms. The van der Waals surface area contributed by atoms with Crippen LogP contribution in [0.1, 0.15) is 44.6 Å². The number of nitrogens with one attached hydrogen (secondary N) is 2. The van der Waals surface area contributed by atoms with E-state index < -0.39 is 9.84 Å². The minimum absolute atomic E-state index is 0. The molecule has 1 aliphatic carbocycles. The molecule has 0 radical (unpaired) electrons. The second-order valence-corrected chi connectivity index (χ2v) is 8.50. The first-order valence-electron chi connectivity index (χ1n) is 8.88. The van der Waals surface area contributed by atoms with Gasteiger partial charge in [-0.2, -0.15) is 0 Å². The van der Waals surface area contributed by atoms with E-state index in [0.717, 1.165) is 18.1 Å². The van der Waals surface area contributed by atoms with Crippen molar-refractivity contribution in [3.63, 3.8) is 0 Å². The van der Waals surface area contributed by atoms with Gasteiger partial charge in [0.05, 0.1) is 11.5 Å². The van der Waals surface area contributed by atoms with Crippen LogP contribution in [0.4, 0.5) is 0 Å². The molecule has 0 saturated heterocycles. The Morgan fingerprint density at radius 3 is 2.52 bits per heavy atom. The number of sulfone groups is 1. The average molecular weight is 479 g/mol. The third-order valence-corrected chi connectivity index (χ3v) is 5.84. The van der Waals surface area contributed by atoms with Crippen LogP contribution in [0, 0.1) is 0 Å². The van der Waals surface area contributed by atoms with Crippen LogP contribution in [0.15, 0.2) is 35.3 Å². The zero-order valence-corrected chi connectivity index (χ0v) is 18.1.